The van der Waals surface area contributed by atoms with E-state index in [9.17, 15) is 8.42 Å². The molecule has 0 amide bonds. The predicted molar refractivity (Wildman–Crippen MR) is 100 cm³/mol. The van der Waals surface area contributed by atoms with Crippen LogP contribution in [0.1, 0.15) is 31.9 Å². The van der Waals surface area contributed by atoms with Gasteiger partial charge in [-0.2, -0.15) is 0 Å². The zero-order valence-electron chi connectivity index (χ0n) is 15.2. The van der Waals surface area contributed by atoms with Gasteiger partial charge in [0.25, 0.3) is 0 Å². The third-order valence-electron chi connectivity index (χ3n) is 4.68. The molecule has 0 radical (unpaired) electrons. The fraction of sp³-hybridized carbons (Fsp3) is 0.611. The lowest BCUT2D eigenvalue weighted by molar-refractivity contribution is 0.353. The van der Waals surface area contributed by atoms with E-state index in [-0.39, 0.29) is 5.75 Å². The van der Waals surface area contributed by atoms with Crippen LogP contribution in [0.3, 0.4) is 0 Å². The summed E-state index contributed by atoms with van der Waals surface area (Å²) in [5.74, 6) is 0.960. The van der Waals surface area contributed by atoms with Crippen LogP contribution in [0.5, 0.6) is 0 Å². The SMILES string of the molecule is CCc1ccc(CCNC(=NC)N2CCS(=O)(=O)C(C)(C)C2)cc1. The van der Waals surface area contributed by atoms with E-state index in [1.165, 1.54) is 11.1 Å². The summed E-state index contributed by atoms with van der Waals surface area (Å²) in [6.07, 6.45) is 1.97. The Bertz CT molecular complexity index is 679. The molecule has 1 aromatic carbocycles. The first-order valence-electron chi connectivity index (χ1n) is 8.55. The topological polar surface area (TPSA) is 61.8 Å². The maximum atomic E-state index is 12.1. The van der Waals surface area contributed by atoms with Gasteiger partial charge in [-0.25, -0.2) is 8.42 Å². The van der Waals surface area contributed by atoms with Crippen LogP contribution >= 0.6 is 0 Å². The average molecular weight is 352 g/mol. The van der Waals surface area contributed by atoms with Gasteiger partial charge in [0.15, 0.2) is 15.8 Å². The summed E-state index contributed by atoms with van der Waals surface area (Å²) in [4.78, 5) is 6.36. The van der Waals surface area contributed by atoms with Crippen LogP contribution in [0.2, 0.25) is 0 Å². The van der Waals surface area contributed by atoms with Crippen LogP contribution in [-0.4, -0.2) is 56.5 Å². The summed E-state index contributed by atoms with van der Waals surface area (Å²) >= 11 is 0. The molecule has 0 bridgehead atoms. The van der Waals surface area contributed by atoms with E-state index in [0.717, 1.165) is 25.3 Å². The Morgan fingerprint density at radius 3 is 2.42 bits per heavy atom. The minimum Gasteiger partial charge on any atom is -0.356 e. The molecule has 134 valence electrons. The van der Waals surface area contributed by atoms with Crippen LogP contribution in [0.4, 0.5) is 0 Å². The van der Waals surface area contributed by atoms with Crippen molar-refractivity contribution in [2.45, 2.75) is 38.4 Å². The molecule has 1 N–H and O–H groups in total. The molecule has 0 saturated carbocycles. The summed E-state index contributed by atoms with van der Waals surface area (Å²) in [7, 11) is -1.29. The smallest absolute Gasteiger partial charge is 0.193 e. The molecular formula is C18H29N3O2S. The minimum absolute atomic E-state index is 0.180. The second-order valence-electron chi connectivity index (χ2n) is 6.89. The van der Waals surface area contributed by atoms with Gasteiger partial charge in [-0.3, -0.25) is 4.99 Å². The number of guanidine groups is 1. The molecule has 1 aliphatic rings. The first-order valence-corrected chi connectivity index (χ1v) is 10.2. The molecule has 24 heavy (non-hydrogen) atoms. The molecule has 6 heteroatoms. The Balaban J connectivity index is 1.91. The fourth-order valence-electron chi connectivity index (χ4n) is 2.92. The van der Waals surface area contributed by atoms with Crippen molar-refractivity contribution < 1.29 is 8.42 Å². The average Bonchev–Trinajstić information content (AvgIpc) is 2.55. The summed E-state index contributed by atoms with van der Waals surface area (Å²) in [6.45, 7) is 7.48. The zero-order valence-corrected chi connectivity index (χ0v) is 16.0. The highest BCUT2D eigenvalue weighted by Crippen LogP contribution is 2.23. The predicted octanol–water partition coefficient (Wildman–Crippen LogP) is 1.88. The maximum Gasteiger partial charge on any atom is 0.193 e. The molecule has 0 atom stereocenters. The van der Waals surface area contributed by atoms with E-state index < -0.39 is 14.6 Å². The van der Waals surface area contributed by atoms with Crippen LogP contribution in [0.25, 0.3) is 0 Å². The normalized spacial score (nSPS) is 20.0. The standard InChI is InChI=1S/C18H29N3O2S/c1-5-15-6-8-16(9-7-15)10-11-20-17(19-4)21-12-13-24(22,23)18(2,3)14-21/h6-9H,5,10-14H2,1-4H3,(H,19,20). The van der Waals surface area contributed by atoms with Crippen molar-refractivity contribution in [3.63, 3.8) is 0 Å². The van der Waals surface area contributed by atoms with Gasteiger partial charge in [0.1, 0.15) is 0 Å². The molecule has 0 aliphatic carbocycles. The van der Waals surface area contributed by atoms with Crippen LogP contribution in [-0.2, 0) is 22.7 Å². The summed E-state index contributed by atoms with van der Waals surface area (Å²) in [5, 5.41) is 3.36. The van der Waals surface area contributed by atoms with Crippen LogP contribution in [0, 0.1) is 0 Å². The number of nitrogens with one attached hydrogen (secondary N) is 1. The van der Waals surface area contributed by atoms with Gasteiger partial charge in [0.05, 0.1) is 10.5 Å². The second-order valence-corrected chi connectivity index (χ2v) is 9.64. The van der Waals surface area contributed by atoms with Gasteiger partial charge in [-0.15, -0.1) is 0 Å². The second kappa shape index (κ2) is 7.55. The monoisotopic (exact) mass is 351 g/mol. The van der Waals surface area contributed by atoms with Crippen LogP contribution < -0.4 is 5.32 Å². The Morgan fingerprint density at radius 1 is 1.25 bits per heavy atom. The van der Waals surface area contributed by atoms with E-state index in [1.807, 2.05) is 4.90 Å². The van der Waals surface area contributed by atoms with Gasteiger partial charge in [0, 0.05) is 26.7 Å². The highest BCUT2D eigenvalue weighted by Gasteiger charge is 2.40. The Kier molecular flexibility index (Phi) is 5.91. The van der Waals surface area contributed by atoms with Crippen molar-refractivity contribution in [3.8, 4) is 0 Å². The minimum atomic E-state index is -3.03. The van der Waals surface area contributed by atoms with Crippen molar-refractivity contribution >= 4 is 15.8 Å². The van der Waals surface area contributed by atoms with Gasteiger partial charge in [-0.05, 0) is 37.8 Å². The number of aryl methyl sites for hydroxylation is 1. The van der Waals surface area contributed by atoms with E-state index in [0.29, 0.717) is 13.1 Å². The highest BCUT2D eigenvalue weighted by molar-refractivity contribution is 7.92. The molecule has 0 unspecified atom stereocenters. The molecule has 1 saturated heterocycles. The summed E-state index contributed by atoms with van der Waals surface area (Å²) in [5.41, 5.74) is 2.64. The number of rotatable bonds is 4. The number of hydrogen-bond acceptors (Lipinski definition) is 3. The molecule has 0 aromatic heterocycles. The number of hydrogen-bond donors (Lipinski definition) is 1. The molecule has 1 aliphatic heterocycles. The lowest BCUT2D eigenvalue weighted by atomic mass is 10.1. The molecular weight excluding hydrogens is 322 g/mol. The van der Waals surface area contributed by atoms with Gasteiger partial charge in [-0.1, -0.05) is 31.2 Å². The molecule has 1 heterocycles. The zero-order chi connectivity index (χ0) is 17.8. The molecule has 2 rings (SSSR count). The third kappa shape index (κ3) is 4.29. The molecule has 1 fully saturated rings. The van der Waals surface area contributed by atoms with Crippen molar-refractivity contribution in [2.75, 3.05) is 32.4 Å². The Morgan fingerprint density at radius 2 is 1.88 bits per heavy atom. The summed E-state index contributed by atoms with van der Waals surface area (Å²) < 4.78 is 23.5. The van der Waals surface area contributed by atoms with E-state index >= 15 is 0 Å². The van der Waals surface area contributed by atoms with E-state index in [2.05, 4.69) is 41.5 Å². The van der Waals surface area contributed by atoms with Crippen molar-refractivity contribution in [2.24, 2.45) is 4.99 Å². The first-order chi connectivity index (χ1) is 11.3. The molecule has 1 aromatic rings. The Hall–Kier alpha value is -1.56. The number of sulfone groups is 1. The van der Waals surface area contributed by atoms with Crippen molar-refractivity contribution in [3.05, 3.63) is 35.4 Å². The van der Waals surface area contributed by atoms with Gasteiger partial charge in [0.2, 0.25) is 0 Å². The number of benzene rings is 1. The first kappa shape index (κ1) is 18.8. The van der Waals surface area contributed by atoms with E-state index in [1.54, 1.807) is 20.9 Å². The fourth-order valence-corrected chi connectivity index (χ4v) is 4.28. The Labute approximate surface area is 146 Å². The van der Waals surface area contributed by atoms with Crippen molar-refractivity contribution in [1.29, 1.82) is 0 Å². The highest BCUT2D eigenvalue weighted by atomic mass is 32.2. The lowest BCUT2D eigenvalue weighted by Gasteiger charge is -2.39. The van der Waals surface area contributed by atoms with Gasteiger partial charge < -0.3 is 10.2 Å². The van der Waals surface area contributed by atoms with Crippen LogP contribution in [0.15, 0.2) is 29.3 Å². The molecule has 0 spiro atoms. The third-order valence-corrected chi connectivity index (χ3v) is 7.22. The number of nitrogens with zero attached hydrogens (tertiary/aromatic N) is 2. The quantitative estimate of drug-likeness (QED) is 0.665. The largest absolute Gasteiger partial charge is 0.356 e. The maximum absolute atomic E-state index is 12.1. The molecule has 5 nitrogen and oxygen atoms in total. The number of aliphatic imine (C=N–C) groups is 1. The van der Waals surface area contributed by atoms with E-state index in [4.69, 9.17) is 0 Å². The summed E-state index contributed by atoms with van der Waals surface area (Å²) in [6, 6.07) is 8.67. The van der Waals surface area contributed by atoms with Crippen molar-refractivity contribution in [1.82, 2.24) is 10.2 Å². The van der Waals surface area contributed by atoms with Gasteiger partial charge >= 0.3 is 0 Å². The lowest BCUT2D eigenvalue weighted by Crippen LogP contribution is -2.57.